The SMILES string of the molecule is [CH]OCCOC(=O)C(C)(C)CC. The average molecular weight is 172 g/mol. The van der Waals surface area contributed by atoms with Crippen LogP contribution in [0.4, 0.5) is 0 Å². The fourth-order valence-corrected chi connectivity index (χ4v) is 0.522. The Morgan fingerprint density at radius 1 is 1.42 bits per heavy atom. The van der Waals surface area contributed by atoms with E-state index in [2.05, 4.69) is 4.74 Å². The molecule has 0 saturated carbocycles. The van der Waals surface area contributed by atoms with E-state index in [1.54, 1.807) is 0 Å². The van der Waals surface area contributed by atoms with Gasteiger partial charge < -0.3 is 9.47 Å². The van der Waals surface area contributed by atoms with Gasteiger partial charge in [0, 0.05) is 0 Å². The zero-order chi connectivity index (χ0) is 9.61. The van der Waals surface area contributed by atoms with E-state index in [9.17, 15) is 4.79 Å². The molecule has 0 heterocycles. The van der Waals surface area contributed by atoms with Crippen LogP contribution in [-0.2, 0) is 14.3 Å². The minimum Gasteiger partial charge on any atom is -0.463 e. The van der Waals surface area contributed by atoms with Crippen molar-refractivity contribution in [3.8, 4) is 0 Å². The van der Waals surface area contributed by atoms with Crippen LogP contribution in [0.5, 0.6) is 0 Å². The van der Waals surface area contributed by atoms with Crippen molar-refractivity contribution in [1.29, 1.82) is 0 Å². The molecule has 3 heteroatoms. The summed E-state index contributed by atoms with van der Waals surface area (Å²) in [5.74, 6) is -0.206. The number of carbonyl (C=O) groups is 1. The van der Waals surface area contributed by atoms with Gasteiger partial charge in [-0.1, -0.05) is 6.92 Å². The predicted molar refractivity (Wildman–Crippen MR) is 45.3 cm³/mol. The van der Waals surface area contributed by atoms with E-state index in [4.69, 9.17) is 11.8 Å². The monoisotopic (exact) mass is 172 g/mol. The fraction of sp³-hybridized carbons (Fsp3) is 0.778. The second-order valence-electron chi connectivity index (χ2n) is 3.24. The number of hydrogen-bond donors (Lipinski definition) is 0. The molecule has 0 N–H and O–H groups in total. The summed E-state index contributed by atoms with van der Waals surface area (Å²) >= 11 is 0. The molecule has 0 fully saturated rings. The van der Waals surface area contributed by atoms with Crippen LogP contribution in [0.3, 0.4) is 0 Å². The predicted octanol–water partition coefficient (Wildman–Crippen LogP) is 1.65. The average Bonchev–Trinajstić information content (AvgIpc) is 2.05. The molecule has 12 heavy (non-hydrogen) atoms. The molecule has 0 spiro atoms. The van der Waals surface area contributed by atoms with E-state index in [0.29, 0.717) is 0 Å². The molecule has 3 nitrogen and oxygen atoms in total. The van der Waals surface area contributed by atoms with Crippen molar-refractivity contribution in [2.75, 3.05) is 13.2 Å². The van der Waals surface area contributed by atoms with Crippen LogP contribution in [-0.4, -0.2) is 19.2 Å². The molecule has 2 radical (unpaired) electrons. The van der Waals surface area contributed by atoms with Gasteiger partial charge in [-0.2, -0.15) is 0 Å². The molecular formula is C9H16O3. The molecule has 0 rings (SSSR count). The quantitative estimate of drug-likeness (QED) is 0.467. The lowest BCUT2D eigenvalue weighted by Gasteiger charge is -2.19. The standard InChI is InChI=1S/C9H16O3/c1-5-9(2,3)8(10)12-7-6-11-4/h4H,5-7H2,1-3H3. The number of hydrogen-bond acceptors (Lipinski definition) is 3. The Morgan fingerprint density at radius 2 is 2.00 bits per heavy atom. The molecule has 0 aliphatic rings. The van der Waals surface area contributed by atoms with Gasteiger partial charge in [-0.3, -0.25) is 4.79 Å². The Morgan fingerprint density at radius 3 is 2.42 bits per heavy atom. The van der Waals surface area contributed by atoms with E-state index >= 15 is 0 Å². The lowest BCUT2D eigenvalue weighted by molar-refractivity contribution is -0.155. The summed E-state index contributed by atoms with van der Waals surface area (Å²) in [6, 6.07) is 0. The third kappa shape index (κ3) is 3.72. The van der Waals surface area contributed by atoms with E-state index in [-0.39, 0.29) is 19.2 Å². The molecule has 0 saturated heterocycles. The number of rotatable bonds is 5. The highest BCUT2D eigenvalue weighted by Crippen LogP contribution is 2.21. The van der Waals surface area contributed by atoms with Crippen molar-refractivity contribution < 1.29 is 14.3 Å². The summed E-state index contributed by atoms with van der Waals surface area (Å²) in [5, 5.41) is 0. The highest BCUT2D eigenvalue weighted by atomic mass is 16.6. The molecule has 0 aliphatic heterocycles. The zero-order valence-electron chi connectivity index (χ0n) is 7.92. The maximum atomic E-state index is 11.3. The highest BCUT2D eigenvalue weighted by Gasteiger charge is 2.26. The number of carbonyl (C=O) groups excluding carboxylic acids is 1. The summed E-state index contributed by atoms with van der Waals surface area (Å²) in [7, 11) is 4.76. The van der Waals surface area contributed by atoms with Crippen LogP contribution in [0.25, 0.3) is 0 Å². The van der Waals surface area contributed by atoms with Crippen molar-refractivity contribution in [3.63, 3.8) is 0 Å². The number of esters is 1. The summed E-state index contributed by atoms with van der Waals surface area (Å²) in [4.78, 5) is 11.3. The van der Waals surface area contributed by atoms with Gasteiger partial charge in [-0.05, 0) is 20.3 Å². The third-order valence-corrected chi connectivity index (χ3v) is 1.87. The molecule has 0 amide bonds. The molecule has 0 aliphatic carbocycles. The lowest BCUT2D eigenvalue weighted by atomic mass is 9.91. The van der Waals surface area contributed by atoms with E-state index in [1.807, 2.05) is 20.8 Å². The van der Waals surface area contributed by atoms with E-state index in [0.717, 1.165) is 6.42 Å². The topological polar surface area (TPSA) is 35.5 Å². The van der Waals surface area contributed by atoms with Crippen LogP contribution in [0.1, 0.15) is 27.2 Å². The second-order valence-corrected chi connectivity index (χ2v) is 3.24. The van der Waals surface area contributed by atoms with Gasteiger partial charge in [0.1, 0.15) is 13.7 Å². The van der Waals surface area contributed by atoms with Gasteiger partial charge >= 0.3 is 5.97 Å². The van der Waals surface area contributed by atoms with E-state index in [1.165, 1.54) is 0 Å². The first-order chi connectivity index (χ1) is 5.54. The van der Waals surface area contributed by atoms with Crippen LogP contribution < -0.4 is 0 Å². The van der Waals surface area contributed by atoms with Gasteiger partial charge in [0.05, 0.1) is 12.0 Å². The van der Waals surface area contributed by atoms with Crippen LogP contribution in [0.2, 0.25) is 0 Å². The summed E-state index contributed by atoms with van der Waals surface area (Å²) in [5.41, 5.74) is -0.408. The van der Waals surface area contributed by atoms with Crippen molar-refractivity contribution >= 4 is 5.97 Å². The van der Waals surface area contributed by atoms with Crippen molar-refractivity contribution in [2.24, 2.45) is 5.41 Å². The fourth-order valence-electron chi connectivity index (χ4n) is 0.522. The Hall–Kier alpha value is -0.570. The van der Waals surface area contributed by atoms with Crippen molar-refractivity contribution in [3.05, 3.63) is 7.11 Å². The largest absolute Gasteiger partial charge is 0.463 e. The molecule has 0 aromatic carbocycles. The Balaban J connectivity index is 3.72. The second kappa shape index (κ2) is 5.14. The Kier molecular flexibility index (Phi) is 4.90. The molecule has 0 bridgehead atoms. The Labute approximate surface area is 74.0 Å². The lowest BCUT2D eigenvalue weighted by Crippen LogP contribution is -2.26. The molecular weight excluding hydrogens is 156 g/mol. The van der Waals surface area contributed by atoms with Gasteiger partial charge in [0.25, 0.3) is 0 Å². The first-order valence-electron chi connectivity index (χ1n) is 4.03. The van der Waals surface area contributed by atoms with E-state index < -0.39 is 5.41 Å². The van der Waals surface area contributed by atoms with Crippen molar-refractivity contribution in [1.82, 2.24) is 0 Å². The molecule has 0 atom stereocenters. The summed E-state index contributed by atoms with van der Waals surface area (Å²) in [6.45, 7) is 6.10. The minimum atomic E-state index is -0.408. The van der Waals surface area contributed by atoms with Gasteiger partial charge in [0.15, 0.2) is 0 Å². The third-order valence-electron chi connectivity index (χ3n) is 1.87. The van der Waals surface area contributed by atoms with Crippen LogP contribution >= 0.6 is 0 Å². The maximum Gasteiger partial charge on any atom is 0.311 e. The minimum absolute atomic E-state index is 0.206. The molecule has 0 unspecified atom stereocenters. The van der Waals surface area contributed by atoms with Gasteiger partial charge in [-0.25, -0.2) is 0 Å². The molecule has 0 aromatic rings. The highest BCUT2D eigenvalue weighted by molar-refractivity contribution is 5.75. The first kappa shape index (κ1) is 11.4. The normalized spacial score (nSPS) is 11.3. The molecule has 0 aromatic heterocycles. The van der Waals surface area contributed by atoms with Crippen LogP contribution in [0, 0.1) is 12.5 Å². The maximum absolute atomic E-state index is 11.3. The smallest absolute Gasteiger partial charge is 0.311 e. The summed E-state index contributed by atoms with van der Waals surface area (Å²) in [6.07, 6.45) is 0.759. The van der Waals surface area contributed by atoms with Crippen molar-refractivity contribution in [2.45, 2.75) is 27.2 Å². The number of ether oxygens (including phenoxy) is 2. The Bertz CT molecular complexity index is 141. The summed E-state index contributed by atoms with van der Waals surface area (Å²) < 4.78 is 9.16. The molecule has 70 valence electrons. The van der Waals surface area contributed by atoms with Gasteiger partial charge in [-0.15, -0.1) is 0 Å². The van der Waals surface area contributed by atoms with Crippen LogP contribution in [0.15, 0.2) is 0 Å². The zero-order valence-corrected chi connectivity index (χ0v) is 7.92. The van der Waals surface area contributed by atoms with Gasteiger partial charge in [0.2, 0.25) is 0 Å². The first-order valence-corrected chi connectivity index (χ1v) is 4.03.